The number of carboxylic acids is 1. The van der Waals surface area contributed by atoms with Crippen LogP contribution in [0.3, 0.4) is 0 Å². The monoisotopic (exact) mass is 332 g/mol. The summed E-state index contributed by atoms with van der Waals surface area (Å²) in [5.41, 5.74) is 2.10. The molecule has 3 rings (SSSR count). The number of pyridine rings is 1. The molecular weight excluding hydrogens is 320 g/mol. The Balaban J connectivity index is 1.85. The fraction of sp³-hybridized carbons (Fsp3) is 0.188. The normalized spacial score (nSPS) is 13.6. The Morgan fingerprint density at radius 1 is 1.35 bits per heavy atom. The third-order valence-electron chi connectivity index (χ3n) is 3.52. The minimum absolute atomic E-state index is 0.139. The topological polar surface area (TPSA) is 79.7 Å². The van der Waals surface area contributed by atoms with Gasteiger partial charge in [-0.1, -0.05) is 11.6 Å². The average molecular weight is 333 g/mol. The van der Waals surface area contributed by atoms with Gasteiger partial charge in [-0.15, -0.1) is 0 Å². The Hall–Kier alpha value is -2.60. The van der Waals surface area contributed by atoms with Crippen molar-refractivity contribution >= 4 is 29.2 Å². The molecule has 0 bridgehead atoms. The highest BCUT2D eigenvalue weighted by Crippen LogP contribution is 2.27. The zero-order chi connectivity index (χ0) is 16.4. The maximum atomic E-state index is 12.6. The lowest BCUT2D eigenvalue weighted by atomic mass is 9.99. The van der Waals surface area contributed by atoms with E-state index in [1.807, 2.05) is 0 Å². The first-order valence-corrected chi connectivity index (χ1v) is 7.32. The zero-order valence-corrected chi connectivity index (χ0v) is 12.8. The molecule has 118 valence electrons. The molecule has 0 fully saturated rings. The van der Waals surface area contributed by atoms with Gasteiger partial charge in [0.05, 0.1) is 18.1 Å². The maximum absolute atomic E-state index is 12.6. The van der Waals surface area contributed by atoms with Crippen molar-refractivity contribution in [3.63, 3.8) is 0 Å². The van der Waals surface area contributed by atoms with Crippen LogP contribution in [0.25, 0.3) is 0 Å². The quantitative estimate of drug-likeness (QED) is 0.930. The van der Waals surface area contributed by atoms with Crippen LogP contribution in [-0.4, -0.2) is 35.1 Å². The van der Waals surface area contributed by atoms with E-state index in [1.54, 1.807) is 35.4 Å². The van der Waals surface area contributed by atoms with E-state index in [9.17, 15) is 9.59 Å². The molecule has 2 aromatic rings. The van der Waals surface area contributed by atoms with Crippen molar-refractivity contribution in [3.05, 3.63) is 52.8 Å². The molecule has 1 aliphatic rings. The number of hydrogen-bond donors (Lipinski definition) is 1. The summed E-state index contributed by atoms with van der Waals surface area (Å²) >= 11 is 5.96. The Bertz CT molecular complexity index is 778. The summed E-state index contributed by atoms with van der Waals surface area (Å²) in [7, 11) is 0. The van der Waals surface area contributed by atoms with E-state index in [0.717, 1.165) is 5.56 Å². The maximum Gasteiger partial charge on any atom is 0.341 e. The summed E-state index contributed by atoms with van der Waals surface area (Å²) < 4.78 is 5.10. The first-order valence-electron chi connectivity index (χ1n) is 6.94. The first kappa shape index (κ1) is 15.3. The van der Waals surface area contributed by atoms with Gasteiger partial charge in [0.25, 0.3) is 5.91 Å². The molecule has 2 heterocycles. The smallest absolute Gasteiger partial charge is 0.341 e. The fourth-order valence-electron chi connectivity index (χ4n) is 2.48. The van der Waals surface area contributed by atoms with Gasteiger partial charge in [-0.25, -0.2) is 4.79 Å². The van der Waals surface area contributed by atoms with Crippen LogP contribution in [0.5, 0.6) is 5.75 Å². The second kappa shape index (κ2) is 6.26. The number of carboxylic acid groups (broad SMARTS) is 1. The van der Waals surface area contributed by atoms with Crippen LogP contribution in [0.1, 0.15) is 15.9 Å². The van der Waals surface area contributed by atoms with Gasteiger partial charge >= 0.3 is 5.97 Å². The van der Waals surface area contributed by atoms with Crippen LogP contribution in [0.2, 0.25) is 5.02 Å². The molecule has 0 saturated heterocycles. The highest BCUT2D eigenvalue weighted by atomic mass is 35.5. The molecule has 7 heteroatoms. The van der Waals surface area contributed by atoms with Gasteiger partial charge in [-0.2, -0.15) is 0 Å². The highest BCUT2D eigenvalue weighted by molar-refractivity contribution is 6.30. The van der Waals surface area contributed by atoms with E-state index in [4.69, 9.17) is 21.4 Å². The summed E-state index contributed by atoms with van der Waals surface area (Å²) in [6.45, 7) is 0.0383. The van der Waals surface area contributed by atoms with Gasteiger partial charge in [0.15, 0.2) is 6.61 Å². The number of anilines is 1. The van der Waals surface area contributed by atoms with Gasteiger partial charge < -0.3 is 14.7 Å². The number of aromatic nitrogens is 1. The van der Waals surface area contributed by atoms with E-state index in [2.05, 4.69) is 4.98 Å². The number of carbonyl (C=O) groups is 2. The Kier molecular flexibility index (Phi) is 4.16. The van der Waals surface area contributed by atoms with Gasteiger partial charge in [0.1, 0.15) is 5.75 Å². The molecule has 0 atom stereocenters. The third-order valence-corrected chi connectivity index (χ3v) is 3.76. The van der Waals surface area contributed by atoms with Crippen LogP contribution in [0, 0.1) is 0 Å². The number of ether oxygens (including phenoxy) is 1. The number of amides is 1. The van der Waals surface area contributed by atoms with Crippen LogP contribution >= 0.6 is 11.6 Å². The van der Waals surface area contributed by atoms with Crippen molar-refractivity contribution in [3.8, 4) is 5.75 Å². The van der Waals surface area contributed by atoms with Crippen LogP contribution < -0.4 is 9.64 Å². The Labute approximate surface area is 137 Å². The predicted molar refractivity (Wildman–Crippen MR) is 84.2 cm³/mol. The SMILES string of the molecule is O=C(O)COc1cncc(N2CCc3cc(Cl)ccc3C2=O)c1. The molecule has 0 radical (unpaired) electrons. The second-order valence-corrected chi connectivity index (χ2v) is 5.51. The fourth-order valence-corrected chi connectivity index (χ4v) is 2.68. The summed E-state index contributed by atoms with van der Waals surface area (Å²) in [5, 5.41) is 9.25. The number of rotatable bonds is 4. The lowest BCUT2D eigenvalue weighted by molar-refractivity contribution is -0.139. The molecule has 1 aromatic carbocycles. The molecule has 0 saturated carbocycles. The molecule has 0 spiro atoms. The Morgan fingerprint density at radius 2 is 2.17 bits per heavy atom. The minimum atomic E-state index is -1.07. The molecule has 0 unspecified atom stereocenters. The van der Waals surface area contributed by atoms with Crippen LogP contribution in [0.15, 0.2) is 36.7 Å². The van der Waals surface area contributed by atoms with E-state index in [0.29, 0.717) is 35.0 Å². The van der Waals surface area contributed by atoms with Crippen LogP contribution in [-0.2, 0) is 11.2 Å². The van der Waals surface area contributed by atoms with Crippen LogP contribution in [0.4, 0.5) is 5.69 Å². The molecule has 1 aromatic heterocycles. The van der Waals surface area contributed by atoms with E-state index in [1.165, 1.54) is 6.20 Å². The van der Waals surface area contributed by atoms with Gasteiger partial charge in [0, 0.05) is 23.2 Å². The molecule has 23 heavy (non-hydrogen) atoms. The van der Waals surface area contributed by atoms with Gasteiger partial charge in [-0.05, 0) is 30.2 Å². The largest absolute Gasteiger partial charge is 0.480 e. The zero-order valence-electron chi connectivity index (χ0n) is 12.0. The number of fused-ring (bicyclic) bond motifs is 1. The van der Waals surface area contributed by atoms with E-state index >= 15 is 0 Å². The lowest BCUT2D eigenvalue weighted by Crippen LogP contribution is -2.37. The second-order valence-electron chi connectivity index (χ2n) is 5.07. The highest BCUT2D eigenvalue weighted by Gasteiger charge is 2.26. The minimum Gasteiger partial charge on any atom is -0.480 e. The standard InChI is InChI=1S/C16H13ClN2O4/c17-11-1-2-14-10(5-11)3-4-19(16(14)22)12-6-13(8-18-7-12)23-9-15(20)21/h1-2,5-8H,3-4,9H2,(H,20,21). The molecule has 1 N–H and O–H groups in total. The third kappa shape index (κ3) is 3.27. The van der Waals surface area contributed by atoms with Gasteiger partial charge in [-0.3, -0.25) is 9.78 Å². The average Bonchev–Trinajstić information content (AvgIpc) is 2.53. The summed E-state index contributed by atoms with van der Waals surface area (Å²) in [4.78, 5) is 28.8. The van der Waals surface area contributed by atoms with E-state index in [-0.39, 0.29) is 5.91 Å². The molecule has 1 aliphatic heterocycles. The van der Waals surface area contributed by atoms with Crippen molar-refractivity contribution in [1.29, 1.82) is 0 Å². The van der Waals surface area contributed by atoms with Crippen molar-refractivity contribution in [2.75, 3.05) is 18.1 Å². The number of halogens is 1. The molecular formula is C16H13ClN2O4. The van der Waals surface area contributed by atoms with Crippen molar-refractivity contribution in [1.82, 2.24) is 4.98 Å². The number of nitrogens with zero attached hydrogens (tertiary/aromatic N) is 2. The number of hydrogen-bond acceptors (Lipinski definition) is 4. The summed E-state index contributed by atoms with van der Waals surface area (Å²) in [6.07, 6.45) is 3.64. The predicted octanol–water partition coefficient (Wildman–Crippen LogP) is 2.40. The lowest BCUT2D eigenvalue weighted by Gasteiger charge is -2.28. The van der Waals surface area contributed by atoms with Crippen molar-refractivity contribution < 1.29 is 19.4 Å². The van der Waals surface area contributed by atoms with Gasteiger partial charge in [0.2, 0.25) is 0 Å². The Morgan fingerprint density at radius 3 is 2.96 bits per heavy atom. The first-order chi connectivity index (χ1) is 11.0. The summed E-state index contributed by atoms with van der Waals surface area (Å²) in [5.74, 6) is -0.907. The molecule has 1 amide bonds. The van der Waals surface area contributed by atoms with Crippen molar-refractivity contribution in [2.24, 2.45) is 0 Å². The molecule has 6 nitrogen and oxygen atoms in total. The number of aliphatic carboxylic acids is 1. The van der Waals surface area contributed by atoms with E-state index < -0.39 is 12.6 Å². The number of benzene rings is 1. The van der Waals surface area contributed by atoms with Crippen molar-refractivity contribution in [2.45, 2.75) is 6.42 Å². The summed E-state index contributed by atoms with van der Waals surface area (Å²) in [6, 6.07) is 6.81. The molecule has 0 aliphatic carbocycles. The number of carbonyl (C=O) groups excluding carboxylic acids is 1.